The SMILES string of the molecule is CC.CC(C)c1ncc(N(C(=O)OC(C)(C)C)C(=O)OC(C)(C)C)c(C2=CCCC=C2)n1. The molecule has 0 atom stereocenters. The molecule has 1 aromatic rings. The number of carbonyl (C=O) groups is 2. The van der Waals surface area contributed by atoms with Crippen molar-refractivity contribution in [2.24, 2.45) is 0 Å². The topological polar surface area (TPSA) is 81.6 Å². The second-order valence-electron chi connectivity index (χ2n) is 9.55. The van der Waals surface area contributed by atoms with Crippen molar-refractivity contribution in [1.29, 1.82) is 0 Å². The van der Waals surface area contributed by atoms with Crippen LogP contribution in [-0.4, -0.2) is 33.4 Å². The minimum absolute atomic E-state index is 0.0856. The van der Waals surface area contributed by atoms with Gasteiger partial charge in [-0.3, -0.25) is 0 Å². The molecule has 1 aliphatic carbocycles. The first-order valence-corrected chi connectivity index (χ1v) is 11.3. The van der Waals surface area contributed by atoms with E-state index in [2.05, 4.69) is 9.97 Å². The number of nitrogens with zero attached hydrogens (tertiary/aromatic N) is 3. The maximum atomic E-state index is 13.1. The Labute approximate surface area is 192 Å². The molecule has 0 aliphatic heterocycles. The first-order chi connectivity index (χ1) is 14.8. The number of allylic oxidation sites excluding steroid dienone is 4. The first-order valence-electron chi connectivity index (χ1n) is 11.3. The van der Waals surface area contributed by atoms with E-state index in [0.717, 1.165) is 23.3 Å². The monoisotopic (exact) mass is 445 g/mol. The van der Waals surface area contributed by atoms with Crippen molar-refractivity contribution in [2.45, 2.75) is 99.2 Å². The molecule has 1 heterocycles. The summed E-state index contributed by atoms with van der Waals surface area (Å²) < 4.78 is 11.0. The minimum Gasteiger partial charge on any atom is -0.443 e. The Balaban J connectivity index is 0.00000249. The number of imide groups is 1. The number of anilines is 1. The Kier molecular flexibility index (Phi) is 9.61. The van der Waals surface area contributed by atoms with Crippen molar-refractivity contribution < 1.29 is 19.1 Å². The molecule has 0 aromatic carbocycles. The van der Waals surface area contributed by atoms with Gasteiger partial charge in [-0.2, -0.15) is 4.90 Å². The van der Waals surface area contributed by atoms with Crippen LogP contribution in [0.1, 0.15) is 99.5 Å². The van der Waals surface area contributed by atoms with E-state index in [9.17, 15) is 9.59 Å². The van der Waals surface area contributed by atoms with Crippen LogP contribution in [0.3, 0.4) is 0 Å². The molecule has 2 amide bonds. The van der Waals surface area contributed by atoms with Gasteiger partial charge in [-0.15, -0.1) is 0 Å². The maximum Gasteiger partial charge on any atom is 0.424 e. The van der Waals surface area contributed by atoms with Gasteiger partial charge < -0.3 is 9.47 Å². The van der Waals surface area contributed by atoms with Crippen LogP contribution in [0, 0.1) is 0 Å². The van der Waals surface area contributed by atoms with Gasteiger partial charge in [0.05, 0.1) is 11.9 Å². The van der Waals surface area contributed by atoms with E-state index < -0.39 is 23.4 Å². The molecule has 0 spiro atoms. The van der Waals surface area contributed by atoms with Gasteiger partial charge in [-0.25, -0.2) is 19.6 Å². The van der Waals surface area contributed by atoms with Gasteiger partial charge in [0.25, 0.3) is 0 Å². The van der Waals surface area contributed by atoms with Gasteiger partial charge in [0.2, 0.25) is 0 Å². The molecule has 0 radical (unpaired) electrons. The van der Waals surface area contributed by atoms with Gasteiger partial charge in [-0.1, -0.05) is 45.9 Å². The molecular formula is C25H39N3O4. The lowest BCUT2D eigenvalue weighted by atomic mass is 10.0. The van der Waals surface area contributed by atoms with Gasteiger partial charge in [-0.05, 0) is 60.0 Å². The second-order valence-corrected chi connectivity index (χ2v) is 9.55. The van der Waals surface area contributed by atoms with Crippen LogP contribution in [0.4, 0.5) is 15.3 Å². The summed E-state index contributed by atoms with van der Waals surface area (Å²) in [5, 5.41) is 0. The highest BCUT2D eigenvalue weighted by Gasteiger charge is 2.35. The number of hydrogen-bond donors (Lipinski definition) is 0. The zero-order chi connectivity index (χ0) is 24.7. The molecule has 0 saturated carbocycles. The quantitative estimate of drug-likeness (QED) is 0.496. The molecule has 0 saturated heterocycles. The fraction of sp³-hybridized carbons (Fsp3) is 0.600. The molecule has 0 unspecified atom stereocenters. The van der Waals surface area contributed by atoms with Crippen LogP contribution in [0.2, 0.25) is 0 Å². The Morgan fingerprint density at radius 2 is 1.50 bits per heavy atom. The normalized spacial score (nSPS) is 13.7. The van der Waals surface area contributed by atoms with E-state index in [4.69, 9.17) is 9.47 Å². The number of carbonyl (C=O) groups excluding carboxylic acids is 2. The Bertz CT molecular complexity index is 831. The summed E-state index contributed by atoms with van der Waals surface area (Å²) in [5.41, 5.74) is -0.0136. The molecule has 1 aliphatic rings. The van der Waals surface area contributed by atoms with Gasteiger partial charge in [0, 0.05) is 5.92 Å². The van der Waals surface area contributed by atoms with E-state index in [1.54, 1.807) is 41.5 Å². The number of rotatable bonds is 3. The molecule has 1 aromatic heterocycles. The lowest BCUT2D eigenvalue weighted by Crippen LogP contribution is -2.44. The fourth-order valence-corrected chi connectivity index (χ4v) is 2.72. The third-order valence-electron chi connectivity index (χ3n) is 3.97. The zero-order valence-electron chi connectivity index (χ0n) is 21.3. The number of amides is 2. The standard InChI is InChI=1S/C23H33N3O4.C2H6/c1-15(2)19-24-14-17(18(25-19)16-12-10-9-11-13-16)26(20(27)29-22(3,4)5)21(28)30-23(6,7)8;1-2/h10,12-15H,9,11H2,1-8H3;1-2H3. The summed E-state index contributed by atoms with van der Waals surface area (Å²) in [5.74, 6) is 0.712. The van der Waals surface area contributed by atoms with E-state index >= 15 is 0 Å². The lowest BCUT2D eigenvalue weighted by molar-refractivity contribution is 0.0430. The van der Waals surface area contributed by atoms with Crippen LogP contribution in [0.5, 0.6) is 0 Å². The summed E-state index contributed by atoms with van der Waals surface area (Å²) in [6.45, 7) is 18.4. The summed E-state index contributed by atoms with van der Waals surface area (Å²) in [6.07, 6.45) is 7.64. The Morgan fingerprint density at radius 3 is 1.91 bits per heavy atom. The highest BCUT2D eigenvalue weighted by atomic mass is 16.6. The largest absolute Gasteiger partial charge is 0.443 e. The van der Waals surface area contributed by atoms with Crippen LogP contribution in [0.25, 0.3) is 5.57 Å². The number of ether oxygens (including phenoxy) is 2. The van der Waals surface area contributed by atoms with Crippen molar-refractivity contribution in [3.8, 4) is 0 Å². The van der Waals surface area contributed by atoms with Crippen LogP contribution in [0.15, 0.2) is 24.4 Å². The second kappa shape index (κ2) is 11.2. The van der Waals surface area contributed by atoms with Crippen LogP contribution < -0.4 is 4.90 Å². The van der Waals surface area contributed by atoms with Crippen molar-refractivity contribution >= 4 is 23.4 Å². The summed E-state index contributed by atoms with van der Waals surface area (Å²) in [4.78, 5) is 36.1. The molecule has 0 fully saturated rings. The third kappa shape index (κ3) is 8.09. The van der Waals surface area contributed by atoms with Crippen molar-refractivity contribution in [2.75, 3.05) is 4.90 Å². The summed E-state index contributed by atoms with van der Waals surface area (Å²) in [7, 11) is 0. The minimum atomic E-state index is -0.834. The molecule has 178 valence electrons. The smallest absolute Gasteiger partial charge is 0.424 e. The average Bonchev–Trinajstić information content (AvgIpc) is 2.67. The zero-order valence-corrected chi connectivity index (χ0v) is 21.3. The third-order valence-corrected chi connectivity index (χ3v) is 3.97. The molecular weight excluding hydrogens is 406 g/mol. The van der Waals surface area contributed by atoms with Gasteiger partial charge >= 0.3 is 12.2 Å². The molecule has 7 heteroatoms. The molecule has 0 N–H and O–H groups in total. The Hall–Kier alpha value is -2.70. The molecule has 7 nitrogen and oxygen atoms in total. The van der Waals surface area contributed by atoms with Crippen molar-refractivity contribution in [3.63, 3.8) is 0 Å². The van der Waals surface area contributed by atoms with E-state index in [1.165, 1.54) is 6.20 Å². The maximum absolute atomic E-state index is 13.1. The van der Waals surface area contributed by atoms with E-state index in [1.807, 2.05) is 45.9 Å². The molecule has 2 rings (SSSR count). The van der Waals surface area contributed by atoms with Gasteiger partial charge in [0.15, 0.2) is 0 Å². The van der Waals surface area contributed by atoms with Crippen LogP contribution in [-0.2, 0) is 9.47 Å². The Morgan fingerprint density at radius 1 is 0.969 bits per heavy atom. The highest BCUT2D eigenvalue weighted by Crippen LogP contribution is 2.31. The molecule has 32 heavy (non-hydrogen) atoms. The first kappa shape index (κ1) is 27.3. The van der Waals surface area contributed by atoms with Crippen molar-refractivity contribution in [1.82, 2.24) is 9.97 Å². The van der Waals surface area contributed by atoms with Gasteiger partial charge in [0.1, 0.15) is 22.7 Å². The average molecular weight is 446 g/mol. The number of hydrogen-bond acceptors (Lipinski definition) is 6. The summed E-state index contributed by atoms with van der Waals surface area (Å²) >= 11 is 0. The van der Waals surface area contributed by atoms with Crippen molar-refractivity contribution in [3.05, 3.63) is 35.9 Å². The molecule has 0 bridgehead atoms. The van der Waals surface area contributed by atoms with E-state index in [-0.39, 0.29) is 11.6 Å². The lowest BCUT2D eigenvalue weighted by Gasteiger charge is -2.29. The number of aromatic nitrogens is 2. The van der Waals surface area contributed by atoms with Crippen LogP contribution >= 0.6 is 0 Å². The van der Waals surface area contributed by atoms with E-state index in [0.29, 0.717) is 11.5 Å². The predicted octanol–water partition coefficient (Wildman–Crippen LogP) is 7.04. The predicted molar refractivity (Wildman–Crippen MR) is 129 cm³/mol. The summed E-state index contributed by atoms with van der Waals surface area (Å²) in [6, 6.07) is 0. The fourth-order valence-electron chi connectivity index (χ4n) is 2.72. The highest BCUT2D eigenvalue weighted by molar-refractivity contribution is 6.11.